The molecule has 0 atom stereocenters. The molecule has 22 heavy (non-hydrogen) atoms. The van der Waals surface area contributed by atoms with Crippen LogP contribution in [0.4, 0.5) is 0 Å². The highest BCUT2D eigenvalue weighted by atomic mass is 32.2. The molecular weight excluding hydrogens is 292 g/mol. The SMILES string of the molecule is O=C(NCCSc1ccccc1)c1cccc2cccnc12. The van der Waals surface area contributed by atoms with E-state index >= 15 is 0 Å². The first kappa shape index (κ1) is 14.6. The van der Waals surface area contributed by atoms with Gasteiger partial charge in [-0.2, -0.15) is 0 Å². The first-order chi connectivity index (χ1) is 10.8. The smallest absolute Gasteiger partial charge is 0.253 e. The predicted octanol–water partition coefficient (Wildman–Crippen LogP) is 3.76. The fraction of sp³-hybridized carbons (Fsp3) is 0.111. The third-order valence-electron chi connectivity index (χ3n) is 3.28. The van der Waals surface area contributed by atoms with Crippen LogP contribution >= 0.6 is 11.8 Å². The van der Waals surface area contributed by atoms with Crippen LogP contribution in [0.5, 0.6) is 0 Å². The lowest BCUT2D eigenvalue weighted by atomic mass is 10.1. The number of aromatic nitrogens is 1. The lowest BCUT2D eigenvalue weighted by Gasteiger charge is -2.07. The van der Waals surface area contributed by atoms with Crippen LogP contribution in [-0.4, -0.2) is 23.2 Å². The van der Waals surface area contributed by atoms with E-state index in [0.717, 1.165) is 16.7 Å². The molecule has 0 aliphatic rings. The first-order valence-corrected chi connectivity index (χ1v) is 8.13. The zero-order valence-corrected chi connectivity index (χ0v) is 12.8. The minimum Gasteiger partial charge on any atom is -0.351 e. The van der Waals surface area contributed by atoms with Gasteiger partial charge >= 0.3 is 0 Å². The van der Waals surface area contributed by atoms with Gasteiger partial charge in [0, 0.05) is 28.8 Å². The highest BCUT2D eigenvalue weighted by Crippen LogP contribution is 2.17. The number of nitrogens with zero attached hydrogens (tertiary/aromatic N) is 1. The second kappa shape index (κ2) is 7.09. The topological polar surface area (TPSA) is 42.0 Å². The number of hydrogen-bond donors (Lipinski definition) is 1. The molecule has 0 aliphatic heterocycles. The molecule has 3 aromatic rings. The van der Waals surface area contributed by atoms with E-state index in [9.17, 15) is 4.79 Å². The monoisotopic (exact) mass is 308 g/mol. The summed E-state index contributed by atoms with van der Waals surface area (Å²) in [5.41, 5.74) is 1.38. The second-order valence-electron chi connectivity index (χ2n) is 4.80. The van der Waals surface area contributed by atoms with Gasteiger partial charge in [-0.3, -0.25) is 9.78 Å². The molecule has 1 heterocycles. The summed E-state index contributed by atoms with van der Waals surface area (Å²) in [6, 6.07) is 19.7. The van der Waals surface area contributed by atoms with E-state index in [1.165, 1.54) is 4.90 Å². The van der Waals surface area contributed by atoms with E-state index in [1.54, 1.807) is 18.0 Å². The van der Waals surface area contributed by atoms with E-state index in [-0.39, 0.29) is 5.91 Å². The van der Waals surface area contributed by atoms with Crippen LogP contribution in [0.1, 0.15) is 10.4 Å². The number of para-hydroxylation sites is 1. The summed E-state index contributed by atoms with van der Waals surface area (Å²) in [5.74, 6) is 0.770. The van der Waals surface area contributed by atoms with Gasteiger partial charge in [0.05, 0.1) is 11.1 Å². The molecule has 0 aliphatic carbocycles. The number of hydrogen-bond acceptors (Lipinski definition) is 3. The Hall–Kier alpha value is -2.33. The Morgan fingerprint density at radius 2 is 1.82 bits per heavy atom. The van der Waals surface area contributed by atoms with Gasteiger partial charge in [-0.25, -0.2) is 0 Å². The molecule has 4 heteroatoms. The largest absolute Gasteiger partial charge is 0.351 e. The van der Waals surface area contributed by atoms with Crippen molar-refractivity contribution >= 4 is 28.6 Å². The van der Waals surface area contributed by atoms with Crippen molar-refractivity contribution in [3.8, 4) is 0 Å². The first-order valence-electron chi connectivity index (χ1n) is 7.14. The number of rotatable bonds is 5. The molecule has 3 rings (SSSR count). The van der Waals surface area contributed by atoms with Crippen LogP contribution in [0.3, 0.4) is 0 Å². The molecule has 2 aromatic carbocycles. The van der Waals surface area contributed by atoms with Crippen LogP contribution in [-0.2, 0) is 0 Å². The maximum atomic E-state index is 12.3. The molecule has 0 fully saturated rings. The summed E-state index contributed by atoms with van der Waals surface area (Å²) in [5, 5.41) is 3.94. The minimum absolute atomic E-state index is 0.0713. The summed E-state index contributed by atoms with van der Waals surface area (Å²) in [6.07, 6.45) is 1.71. The molecule has 0 spiro atoms. The van der Waals surface area contributed by atoms with Crippen LogP contribution in [0.25, 0.3) is 10.9 Å². The molecular formula is C18H16N2OS. The van der Waals surface area contributed by atoms with Gasteiger partial charge in [0.1, 0.15) is 0 Å². The van der Waals surface area contributed by atoms with Gasteiger partial charge in [0.25, 0.3) is 5.91 Å². The van der Waals surface area contributed by atoms with E-state index in [1.807, 2.05) is 48.5 Å². The molecule has 110 valence electrons. The van der Waals surface area contributed by atoms with E-state index in [4.69, 9.17) is 0 Å². The van der Waals surface area contributed by atoms with E-state index < -0.39 is 0 Å². The summed E-state index contributed by atoms with van der Waals surface area (Å²) in [4.78, 5) is 17.8. The molecule has 1 amide bonds. The summed E-state index contributed by atoms with van der Waals surface area (Å²) in [7, 11) is 0. The van der Waals surface area contributed by atoms with Gasteiger partial charge < -0.3 is 5.32 Å². The van der Waals surface area contributed by atoms with Gasteiger partial charge in [-0.05, 0) is 24.3 Å². The van der Waals surface area contributed by atoms with Gasteiger partial charge in [-0.1, -0.05) is 36.4 Å². The minimum atomic E-state index is -0.0713. The lowest BCUT2D eigenvalue weighted by Crippen LogP contribution is -2.26. The summed E-state index contributed by atoms with van der Waals surface area (Å²) in [6.45, 7) is 0.627. The molecule has 3 nitrogen and oxygen atoms in total. The Labute approximate surface area is 133 Å². The van der Waals surface area contributed by atoms with Crippen molar-refractivity contribution in [2.45, 2.75) is 4.90 Å². The Morgan fingerprint density at radius 1 is 1.00 bits per heavy atom. The van der Waals surface area contributed by atoms with Crippen molar-refractivity contribution in [3.05, 3.63) is 72.4 Å². The summed E-state index contributed by atoms with van der Waals surface area (Å²) >= 11 is 1.73. The van der Waals surface area contributed by atoms with Crippen LogP contribution in [0.15, 0.2) is 71.8 Å². The Bertz CT molecular complexity index is 769. The van der Waals surface area contributed by atoms with E-state index in [2.05, 4.69) is 22.4 Å². The number of pyridine rings is 1. The molecule has 0 saturated carbocycles. The number of thioether (sulfide) groups is 1. The van der Waals surface area contributed by atoms with Crippen LogP contribution < -0.4 is 5.32 Å². The van der Waals surface area contributed by atoms with Crippen molar-refractivity contribution in [2.24, 2.45) is 0 Å². The normalized spacial score (nSPS) is 10.5. The van der Waals surface area contributed by atoms with Crippen LogP contribution in [0.2, 0.25) is 0 Å². The Kier molecular flexibility index (Phi) is 4.71. The third-order valence-corrected chi connectivity index (χ3v) is 4.29. The number of fused-ring (bicyclic) bond motifs is 1. The second-order valence-corrected chi connectivity index (χ2v) is 5.97. The zero-order chi connectivity index (χ0) is 15.2. The maximum absolute atomic E-state index is 12.3. The number of carbonyl (C=O) groups excluding carboxylic acids is 1. The van der Waals surface area contributed by atoms with Gasteiger partial charge in [0.2, 0.25) is 0 Å². The predicted molar refractivity (Wildman–Crippen MR) is 91.2 cm³/mol. The van der Waals surface area contributed by atoms with Gasteiger partial charge in [-0.15, -0.1) is 11.8 Å². The quantitative estimate of drug-likeness (QED) is 0.576. The van der Waals surface area contributed by atoms with Crippen molar-refractivity contribution in [3.63, 3.8) is 0 Å². The molecule has 0 bridgehead atoms. The molecule has 0 radical (unpaired) electrons. The summed E-state index contributed by atoms with van der Waals surface area (Å²) < 4.78 is 0. The third kappa shape index (κ3) is 3.46. The highest BCUT2D eigenvalue weighted by Gasteiger charge is 2.09. The number of carbonyl (C=O) groups is 1. The highest BCUT2D eigenvalue weighted by molar-refractivity contribution is 7.99. The Morgan fingerprint density at radius 3 is 2.68 bits per heavy atom. The van der Waals surface area contributed by atoms with Crippen molar-refractivity contribution in [2.75, 3.05) is 12.3 Å². The average Bonchev–Trinajstić information content (AvgIpc) is 2.59. The molecule has 1 aromatic heterocycles. The van der Waals surface area contributed by atoms with E-state index in [0.29, 0.717) is 12.1 Å². The zero-order valence-electron chi connectivity index (χ0n) is 12.0. The van der Waals surface area contributed by atoms with Crippen molar-refractivity contribution in [1.29, 1.82) is 0 Å². The Balaban J connectivity index is 1.60. The number of benzene rings is 2. The molecule has 1 N–H and O–H groups in total. The molecule has 0 saturated heterocycles. The van der Waals surface area contributed by atoms with Crippen LogP contribution in [0, 0.1) is 0 Å². The molecule has 0 unspecified atom stereocenters. The lowest BCUT2D eigenvalue weighted by molar-refractivity contribution is 0.0957. The number of amides is 1. The van der Waals surface area contributed by atoms with Gasteiger partial charge in [0.15, 0.2) is 0 Å². The fourth-order valence-corrected chi connectivity index (χ4v) is 3.02. The van der Waals surface area contributed by atoms with Crippen molar-refractivity contribution in [1.82, 2.24) is 10.3 Å². The fourth-order valence-electron chi connectivity index (χ4n) is 2.23. The van der Waals surface area contributed by atoms with Crippen molar-refractivity contribution < 1.29 is 4.79 Å². The number of nitrogens with one attached hydrogen (secondary N) is 1. The average molecular weight is 308 g/mol. The standard InChI is InChI=1S/C18H16N2OS/c21-18(20-12-13-22-15-8-2-1-3-9-15)16-10-4-6-14-7-5-11-19-17(14)16/h1-11H,12-13H2,(H,20,21). The maximum Gasteiger partial charge on any atom is 0.253 e.